The van der Waals surface area contributed by atoms with E-state index < -0.39 is 0 Å². The minimum absolute atomic E-state index is 0.790. The first kappa shape index (κ1) is 11.5. The van der Waals surface area contributed by atoms with Crippen molar-refractivity contribution in [1.82, 2.24) is 0 Å². The molecule has 0 aromatic heterocycles. The Kier molecular flexibility index (Phi) is 3.83. The summed E-state index contributed by atoms with van der Waals surface area (Å²) >= 11 is 0. The van der Waals surface area contributed by atoms with E-state index in [1.54, 1.807) is 0 Å². The fourth-order valence-electron chi connectivity index (χ4n) is 2.52. The highest BCUT2D eigenvalue weighted by molar-refractivity contribution is 5.56. The number of anilines is 1. The molecule has 1 aromatic carbocycles. The molecule has 0 fully saturated rings. The molecular formula is C14H22N2. The van der Waals surface area contributed by atoms with Crippen molar-refractivity contribution in [1.29, 1.82) is 0 Å². The van der Waals surface area contributed by atoms with Crippen molar-refractivity contribution in [2.24, 2.45) is 5.73 Å². The molecule has 0 bridgehead atoms. The van der Waals surface area contributed by atoms with Crippen molar-refractivity contribution in [3.63, 3.8) is 0 Å². The summed E-state index contributed by atoms with van der Waals surface area (Å²) in [6, 6.07) is 6.94. The van der Waals surface area contributed by atoms with Crippen molar-refractivity contribution in [2.75, 3.05) is 24.5 Å². The van der Waals surface area contributed by atoms with Gasteiger partial charge in [0.05, 0.1) is 0 Å². The van der Waals surface area contributed by atoms with E-state index in [1.165, 1.54) is 36.2 Å². The molecule has 0 saturated heterocycles. The standard InChI is InChI=1S/C14H22N2/c1-2-16-10-4-6-13-11-12(5-3-9-15)7-8-14(13)16/h7-8,11H,2-6,9-10,15H2,1H3. The van der Waals surface area contributed by atoms with Gasteiger partial charge in [-0.1, -0.05) is 12.1 Å². The van der Waals surface area contributed by atoms with Crippen LogP contribution in [0.4, 0.5) is 5.69 Å². The third-order valence-corrected chi connectivity index (χ3v) is 3.41. The van der Waals surface area contributed by atoms with E-state index in [9.17, 15) is 0 Å². The summed E-state index contributed by atoms with van der Waals surface area (Å²) in [5, 5.41) is 0. The fraction of sp³-hybridized carbons (Fsp3) is 0.571. The van der Waals surface area contributed by atoms with Crippen LogP contribution in [0.15, 0.2) is 18.2 Å². The molecule has 0 unspecified atom stereocenters. The van der Waals surface area contributed by atoms with Crippen LogP contribution in [0.1, 0.15) is 30.9 Å². The average Bonchev–Trinajstić information content (AvgIpc) is 2.35. The van der Waals surface area contributed by atoms with Crippen LogP contribution >= 0.6 is 0 Å². The highest BCUT2D eigenvalue weighted by atomic mass is 15.1. The molecule has 2 heteroatoms. The molecule has 1 aliphatic heterocycles. The lowest BCUT2D eigenvalue weighted by Crippen LogP contribution is -2.28. The van der Waals surface area contributed by atoms with Crippen LogP contribution in [0.3, 0.4) is 0 Å². The summed E-state index contributed by atoms with van der Waals surface area (Å²) in [5.41, 5.74) is 9.98. The number of aryl methyl sites for hydroxylation is 2. The first-order valence-electron chi connectivity index (χ1n) is 6.42. The first-order valence-corrected chi connectivity index (χ1v) is 6.42. The van der Waals surface area contributed by atoms with Gasteiger partial charge in [0.25, 0.3) is 0 Å². The Labute approximate surface area is 98.4 Å². The SMILES string of the molecule is CCN1CCCc2cc(CCCN)ccc21. The molecule has 0 amide bonds. The number of fused-ring (bicyclic) bond motifs is 1. The Morgan fingerprint density at radius 2 is 2.25 bits per heavy atom. The van der Waals surface area contributed by atoms with Crippen molar-refractivity contribution in [2.45, 2.75) is 32.6 Å². The first-order chi connectivity index (χ1) is 7.85. The van der Waals surface area contributed by atoms with Crippen molar-refractivity contribution < 1.29 is 0 Å². The minimum atomic E-state index is 0.790. The molecule has 0 atom stereocenters. The van der Waals surface area contributed by atoms with Crippen LogP contribution in [0.25, 0.3) is 0 Å². The Hall–Kier alpha value is -1.02. The maximum atomic E-state index is 5.55. The van der Waals surface area contributed by atoms with Gasteiger partial charge < -0.3 is 10.6 Å². The Balaban J connectivity index is 2.18. The number of benzene rings is 1. The lowest BCUT2D eigenvalue weighted by Gasteiger charge is -2.30. The predicted molar refractivity (Wildman–Crippen MR) is 70.0 cm³/mol. The zero-order valence-electron chi connectivity index (χ0n) is 10.2. The molecule has 88 valence electrons. The summed E-state index contributed by atoms with van der Waals surface area (Å²) in [7, 11) is 0. The van der Waals surface area contributed by atoms with Gasteiger partial charge in [-0.3, -0.25) is 0 Å². The van der Waals surface area contributed by atoms with Crippen LogP contribution in [-0.4, -0.2) is 19.6 Å². The molecule has 2 nitrogen and oxygen atoms in total. The maximum Gasteiger partial charge on any atom is 0.0398 e. The summed E-state index contributed by atoms with van der Waals surface area (Å²) in [4.78, 5) is 2.48. The third-order valence-electron chi connectivity index (χ3n) is 3.41. The molecule has 0 spiro atoms. The number of nitrogens with zero attached hydrogens (tertiary/aromatic N) is 1. The second-order valence-corrected chi connectivity index (χ2v) is 4.54. The fourth-order valence-corrected chi connectivity index (χ4v) is 2.52. The number of nitrogens with two attached hydrogens (primary N) is 1. The minimum Gasteiger partial charge on any atom is -0.372 e. The van der Waals surface area contributed by atoms with Crippen LogP contribution in [0.5, 0.6) is 0 Å². The lowest BCUT2D eigenvalue weighted by molar-refractivity contribution is 0.705. The van der Waals surface area contributed by atoms with Gasteiger partial charge in [-0.25, -0.2) is 0 Å². The summed E-state index contributed by atoms with van der Waals surface area (Å²) < 4.78 is 0. The molecule has 0 radical (unpaired) electrons. The second-order valence-electron chi connectivity index (χ2n) is 4.54. The van der Waals surface area contributed by atoms with E-state index >= 15 is 0 Å². The lowest BCUT2D eigenvalue weighted by atomic mass is 9.97. The van der Waals surface area contributed by atoms with Crippen LogP contribution in [0, 0.1) is 0 Å². The quantitative estimate of drug-likeness (QED) is 0.840. The van der Waals surface area contributed by atoms with E-state index in [0.29, 0.717) is 0 Å². The second kappa shape index (κ2) is 5.35. The summed E-state index contributed by atoms with van der Waals surface area (Å²) in [6.07, 6.45) is 4.75. The number of hydrogen-bond acceptors (Lipinski definition) is 2. The van der Waals surface area contributed by atoms with Crippen LogP contribution < -0.4 is 10.6 Å². The van der Waals surface area contributed by atoms with Crippen LogP contribution in [-0.2, 0) is 12.8 Å². The predicted octanol–water partition coefficient (Wildman–Crippen LogP) is 2.35. The zero-order chi connectivity index (χ0) is 11.4. The van der Waals surface area contributed by atoms with Gasteiger partial charge >= 0.3 is 0 Å². The number of rotatable bonds is 4. The third kappa shape index (κ3) is 2.38. The topological polar surface area (TPSA) is 29.3 Å². The van der Waals surface area contributed by atoms with E-state index in [1.807, 2.05) is 0 Å². The van der Waals surface area contributed by atoms with Crippen molar-refractivity contribution in [3.05, 3.63) is 29.3 Å². The highest BCUT2D eigenvalue weighted by Gasteiger charge is 2.15. The van der Waals surface area contributed by atoms with Crippen molar-refractivity contribution in [3.8, 4) is 0 Å². The van der Waals surface area contributed by atoms with E-state index in [0.717, 1.165) is 25.9 Å². The van der Waals surface area contributed by atoms with E-state index in [2.05, 4.69) is 30.0 Å². The van der Waals surface area contributed by atoms with Gasteiger partial charge in [0.1, 0.15) is 0 Å². The monoisotopic (exact) mass is 218 g/mol. The molecule has 2 rings (SSSR count). The molecule has 1 aromatic rings. The highest BCUT2D eigenvalue weighted by Crippen LogP contribution is 2.28. The van der Waals surface area contributed by atoms with Gasteiger partial charge in [-0.2, -0.15) is 0 Å². The van der Waals surface area contributed by atoms with Gasteiger partial charge in [0.15, 0.2) is 0 Å². The Morgan fingerprint density at radius 1 is 1.38 bits per heavy atom. The summed E-state index contributed by atoms with van der Waals surface area (Å²) in [6.45, 7) is 5.36. The van der Waals surface area contributed by atoms with Crippen LogP contribution in [0.2, 0.25) is 0 Å². The molecule has 16 heavy (non-hydrogen) atoms. The molecule has 1 aliphatic rings. The maximum absolute atomic E-state index is 5.55. The Morgan fingerprint density at radius 3 is 3.00 bits per heavy atom. The van der Waals surface area contributed by atoms with Gasteiger partial charge in [0, 0.05) is 18.8 Å². The molecule has 0 aliphatic carbocycles. The smallest absolute Gasteiger partial charge is 0.0398 e. The van der Waals surface area contributed by atoms with Gasteiger partial charge in [0.2, 0.25) is 0 Å². The Bertz CT molecular complexity index is 347. The molecule has 1 heterocycles. The normalized spacial score (nSPS) is 15.0. The van der Waals surface area contributed by atoms with E-state index in [4.69, 9.17) is 5.73 Å². The zero-order valence-corrected chi connectivity index (χ0v) is 10.2. The largest absolute Gasteiger partial charge is 0.372 e. The number of hydrogen-bond donors (Lipinski definition) is 1. The molecular weight excluding hydrogens is 196 g/mol. The summed E-state index contributed by atoms with van der Waals surface area (Å²) in [5.74, 6) is 0. The molecule has 2 N–H and O–H groups in total. The average molecular weight is 218 g/mol. The van der Waals surface area contributed by atoms with Gasteiger partial charge in [-0.05, 0) is 56.3 Å². The van der Waals surface area contributed by atoms with Crippen molar-refractivity contribution >= 4 is 5.69 Å². The van der Waals surface area contributed by atoms with Gasteiger partial charge in [-0.15, -0.1) is 0 Å². The van der Waals surface area contributed by atoms with E-state index in [-0.39, 0.29) is 0 Å². The molecule has 0 saturated carbocycles.